The molecule has 0 unspecified atom stereocenters. The van der Waals surface area contributed by atoms with E-state index in [1.165, 1.54) is 16.3 Å². The fourth-order valence-corrected chi connectivity index (χ4v) is 3.95. The Bertz CT molecular complexity index is 804. The van der Waals surface area contributed by atoms with Crippen LogP contribution < -0.4 is 0 Å². The average Bonchev–Trinajstić information content (AvgIpc) is 2.98. The van der Waals surface area contributed by atoms with Crippen molar-refractivity contribution < 1.29 is 4.79 Å². The maximum absolute atomic E-state index is 12.0. The van der Waals surface area contributed by atoms with Crippen molar-refractivity contribution in [2.75, 3.05) is 0 Å². The minimum atomic E-state index is 0.246. The highest BCUT2D eigenvalue weighted by Gasteiger charge is 2.12. The van der Waals surface area contributed by atoms with E-state index in [1.54, 1.807) is 11.3 Å². The zero-order valence-corrected chi connectivity index (χ0v) is 14.1. The van der Waals surface area contributed by atoms with E-state index in [1.807, 2.05) is 19.1 Å². The van der Waals surface area contributed by atoms with Gasteiger partial charge in [0.15, 0.2) is 5.78 Å². The van der Waals surface area contributed by atoms with Gasteiger partial charge in [0.25, 0.3) is 0 Å². The number of hydrogen-bond donors (Lipinski definition) is 0. The maximum Gasteiger partial charge on any atom is 0.172 e. The molecule has 0 fully saturated rings. The molecule has 0 saturated carbocycles. The molecule has 0 radical (unpaired) electrons. The molecule has 2 aromatic carbocycles. The maximum atomic E-state index is 12.0. The Kier molecular flexibility index (Phi) is 4.22. The Labute approximate surface area is 136 Å². The molecular formula is C18H15BrOS. The van der Waals surface area contributed by atoms with Gasteiger partial charge in [0.2, 0.25) is 0 Å². The van der Waals surface area contributed by atoms with Crippen LogP contribution in [0.3, 0.4) is 0 Å². The molecule has 3 rings (SSSR count). The standard InChI is InChI=1S/C18H15BrOS/c1-2-5-16(20)18-11-10-17(21-18)14-8-9-15(19)13-7-4-3-6-12(13)14/h3-4,6-11H,2,5H2,1H3. The highest BCUT2D eigenvalue weighted by molar-refractivity contribution is 9.10. The Hall–Kier alpha value is -1.45. The lowest BCUT2D eigenvalue weighted by molar-refractivity contribution is 0.0985. The lowest BCUT2D eigenvalue weighted by atomic mass is 10.0. The third kappa shape index (κ3) is 2.81. The van der Waals surface area contributed by atoms with E-state index in [4.69, 9.17) is 0 Å². The lowest BCUT2D eigenvalue weighted by Gasteiger charge is -2.06. The van der Waals surface area contributed by atoms with E-state index >= 15 is 0 Å². The number of fused-ring (bicyclic) bond motifs is 1. The second-order valence-corrected chi connectivity index (χ2v) is 6.92. The Balaban J connectivity index is 2.09. The van der Waals surface area contributed by atoms with Crippen LogP contribution in [0.25, 0.3) is 21.2 Å². The third-order valence-electron chi connectivity index (χ3n) is 3.49. The minimum Gasteiger partial charge on any atom is -0.293 e. The van der Waals surface area contributed by atoms with Crippen LogP contribution in [-0.4, -0.2) is 5.78 Å². The predicted octanol–water partition coefficient (Wildman–Crippen LogP) is 6.31. The van der Waals surface area contributed by atoms with Crippen LogP contribution in [0, 0.1) is 0 Å². The van der Waals surface area contributed by atoms with E-state index in [-0.39, 0.29) is 5.78 Å². The summed E-state index contributed by atoms with van der Waals surface area (Å²) in [6, 6.07) is 16.5. The van der Waals surface area contributed by atoms with Crippen LogP contribution in [-0.2, 0) is 0 Å². The first kappa shape index (κ1) is 14.5. The van der Waals surface area contributed by atoms with Crippen molar-refractivity contribution in [3.63, 3.8) is 0 Å². The van der Waals surface area contributed by atoms with Crippen LogP contribution in [0.15, 0.2) is 53.0 Å². The lowest BCUT2D eigenvalue weighted by Crippen LogP contribution is -1.93. The van der Waals surface area contributed by atoms with E-state index < -0.39 is 0 Å². The number of thiophene rings is 1. The largest absolute Gasteiger partial charge is 0.293 e. The molecule has 106 valence electrons. The van der Waals surface area contributed by atoms with Crippen LogP contribution in [0.4, 0.5) is 0 Å². The van der Waals surface area contributed by atoms with Gasteiger partial charge in [0.1, 0.15) is 0 Å². The summed E-state index contributed by atoms with van der Waals surface area (Å²) in [6.07, 6.45) is 1.52. The van der Waals surface area contributed by atoms with Gasteiger partial charge in [-0.15, -0.1) is 11.3 Å². The van der Waals surface area contributed by atoms with Gasteiger partial charge in [0.05, 0.1) is 4.88 Å². The van der Waals surface area contributed by atoms with Crippen molar-refractivity contribution in [2.45, 2.75) is 19.8 Å². The Morgan fingerprint density at radius 2 is 1.81 bits per heavy atom. The van der Waals surface area contributed by atoms with Crippen molar-refractivity contribution in [1.82, 2.24) is 0 Å². The summed E-state index contributed by atoms with van der Waals surface area (Å²) in [4.78, 5) is 14.0. The fraction of sp³-hybridized carbons (Fsp3) is 0.167. The monoisotopic (exact) mass is 358 g/mol. The molecule has 0 aliphatic rings. The van der Waals surface area contributed by atoms with E-state index in [9.17, 15) is 4.79 Å². The molecule has 3 aromatic rings. The van der Waals surface area contributed by atoms with Crippen LogP contribution in [0.2, 0.25) is 0 Å². The van der Waals surface area contributed by atoms with Gasteiger partial charge in [-0.2, -0.15) is 0 Å². The third-order valence-corrected chi connectivity index (χ3v) is 5.35. The van der Waals surface area contributed by atoms with Crippen molar-refractivity contribution in [2.24, 2.45) is 0 Å². The first-order valence-electron chi connectivity index (χ1n) is 7.01. The van der Waals surface area contributed by atoms with Gasteiger partial charge in [-0.05, 0) is 41.0 Å². The molecule has 1 aromatic heterocycles. The first-order valence-corrected chi connectivity index (χ1v) is 8.62. The molecule has 0 atom stereocenters. The molecular weight excluding hydrogens is 344 g/mol. The number of benzene rings is 2. The van der Waals surface area contributed by atoms with Crippen molar-refractivity contribution >= 4 is 43.8 Å². The van der Waals surface area contributed by atoms with Crippen LogP contribution in [0.5, 0.6) is 0 Å². The number of hydrogen-bond acceptors (Lipinski definition) is 2. The van der Waals surface area contributed by atoms with Gasteiger partial charge >= 0.3 is 0 Å². The van der Waals surface area contributed by atoms with Crippen molar-refractivity contribution in [3.05, 3.63) is 57.9 Å². The van der Waals surface area contributed by atoms with Gasteiger partial charge in [-0.3, -0.25) is 4.79 Å². The second kappa shape index (κ2) is 6.12. The van der Waals surface area contributed by atoms with E-state index in [0.29, 0.717) is 6.42 Å². The molecule has 1 heterocycles. The topological polar surface area (TPSA) is 17.1 Å². The number of Topliss-reactive ketones (excluding diaryl/α,β-unsaturated/α-hetero) is 1. The van der Waals surface area contributed by atoms with Crippen LogP contribution >= 0.6 is 27.3 Å². The molecule has 3 heteroatoms. The van der Waals surface area contributed by atoms with Crippen molar-refractivity contribution in [1.29, 1.82) is 0 Å². The average molecular weight is 359 g/mol. The van der Waals surface area contributed by atoms with E-state index in [2.05, 4.69) is 52.3 Å². The van der Waals surface area contributed by atoms with Gasteiger partial charge < -0.3 is 0 Å². The quantitative estimate of drug-likeness (QED) is 0.499. The molecule has 1 nitrogen and oxygen atoms in total. The number of ketones is 1. The summed E-state index contributed by atoms with van der Waals surface area (Å²) in [6.45, 7) is 2.04. The molecule has 0 N–H and O–H groups in total. The highest BCUT2D eigenvalue weighted by atomic mass is 79.9. The summed E-state index contributed by atoms with van der Waals surface area (Å²) >= 11 is 5.19. The van der Waals surface area contributed by atoms with Crippen LogP contribution in [0.1, 0.15) is 29.4 Å². The fourth-order valence-electron chi connectivity index (χ4n) is 2.46. The normalized spacial score (nSPS) is 11.0. The second-order valence-electron chi connectivity index (χ2n) is 4.98. The summed E-state index contributed by atoms with van der Waals surface area (Å²) in [5.41, 5.74) is 1.19. The molecule has 0 amide bonds. The van der Waals surface area contributed by atoms with E-state index in [0.717, 1.165) is 20.6 Å². The number of rotatable bonds is 4. The molecule has 0 aliphatic heterocycles. The smallest absolute Gasteiger partial charge is 0.172 e. The molecule has 0 bridgehead atoms. The Morgan fingerprint density at radius 3 is 2.57 bits per heavy atom. The molecule has 0 saturated heterocycles. The van der Waals surface area contributed by atoms with Gasteiger partial charge in [0, 0.05) is 15.8 Å². The predicted molar refractivity (Wildman–Crippen MR) is 94.2 cm³/mol. The molecule has 21 heavy (non-hydrogen) atoms. The summed E-state index contributed by atoms with van der Waals surface area (Å²) in [5.74, 6) is 0.246. The number of halogens is 1. The number of carbonyl (C=O) groups is 1. The Morgan fingerprint density at radius 1 is 1.05 bits per heavy atom. The summed E-state index contributed by atoms with van der Waals surface area (Å²) in [5, 5.41) is 2.41. The highest BCUT2D eigenvalue weighted by Crippen LogP contribution is 2.36. The molecule has 0 aliphatic carbocycles. The van der Waals surface area contributed by atoms with Crippen molar-refractivity contribution in [3.8, 4) is 10.4 Å². The molecule has 0 spiro atoms. The summed E-state index contributed by atoms with van der Waals surface area (Å²) in [7, 11) is 0. The zero-order chi connectivity index (χ0) is 14.8. The number of carbonyl (C=O) groups excluding carboxylic acids is 1. The van der Waals surface area contributed by atoms with Gasteiger partial charge in [-0.1, -0.05) is 53.2 Å². The summed E-state index contributed by atoms with van der Waals surface area (Å²) < 4.78 is 1.10. The minimum absolute atomic E-state index is 0.246. The first-order chi connectivity index (χ1) is 10.2. The zero-order valence-electron chi connectivity index (χ0n) is 11.7. The SMILES string of the molecule is CCCC(=O)c1ccc(-c2ccc(Br)c3ccccc23)s1. The van der Waals surface area contributed by atoms with Gasteiger partial charge in [-0.25, -0.2) is 0 Å².